The van der Waals surface area contributed by atoms with Crippen molar-refractivity contribution in [1.29, 1.82) is 0 Å². The summed E-state index contributed by atoms with van der Waals surface area (Å²) in [6, 6.07) is 6.16. The molecular weight excluding hydrogens is 250 g/mol. The zero-order chi connectivity index (χ0) is 14.5. The van der Waals surface area contributed by atoms with Crippen LogP contribution in [0, 0.1) is 5.92 Å². The van der Waals surface area contributed by atoms with Crippen LogP contribution in [0.15, 0.2) is 24.3 Å². The molecule has 0 aliphatic heterocycles. The zero-order valence-electron chi connectivity index (χ0n) is 11.3. The molecule has 0 aliphatic rings. The summed E-state index contributed by atoms with van der Waals surface area (Å²) in [7, 11) is 0. The minimum atomic E-state index is -2.83. The summed E-state index contributed by atoms with van der Waals surface area (Å²) >= 11 is 0. The van der Waals surface area contributed by atoms with E-state index in [2.05, 4.69) is 0 Å². The van der Waals surface area contributed by atoms with E-state index in [1.54, 1.807) is 12.1 Å². The van der Waals surface area contributed by atoms with E-state index in [0.717, 1.165) is 25.3 Å². The monoisotopic (exact) mass is 270 g/mol. The van der Waals surface area contributed by atoms with Gasteiger partial charge >= 0.3 is 5.97 Å². The summed E-state index contributed by atoms with van der Waals surface area (Å²) in [6.07, 6.45) is 2.50. The molecule has 0 aliphatic carbocycles. The van der Waals surface area contributed by atoms with E-state index >= 15 is 0 Å². The first-order valence-electron chi connectivity index (χ1n) is 6.52. The molecule has 1 unspecified atom stereocenters. The molecule has 0 saturated carbocycles. The van der Waals surface area contributed by atoms with E-state index in [1.807, 2.05) is 6.92 Å². The Balaban J connectivity index is 2.72. The van der Waals surface area contributed by atoms with Crippen LogP contribution in [0.2, 0.25) is 0 Å². The Labute approximate surface area is 112 Å². The average Bonchev–Trinajstić information content (AvgIpc) is 2.28. The molecule has 1 aromatic carbocycles. The number of aliphatic carboxylic acids is 1. The predicted molar refractivity (Wildman–Crippen MR) is 70.4 cm³/mol. The minimum absolute atomic E-state index is 0.0125. The Morgan fingerprint density at radius 2 is 1.89 bits per heavy atom. The van der Waals surface area contributed by atoms with E-state index in [0.29, 0.717) is 6.42 Å². The number of benzene rings is 1. The molecule has 1 N–H and O–H groups in total. The van der Waals surface area contributed by atoms with Crippen LogP contribution in [0.4, 0.5) is 8.78 Å². The van der Waals surface area contributed by atoms with Crippen molar-refractivity contribution in [2.45, 2.75) is 45.5 Å². The Morgan fingerprint density at radius 3 is 2.32 bits per heavy atom. The van der Waals surface area contributed by atoms with Crippen molar-refractivity contribution >= 4 is 5.97 Å². The first-order chi connectivity index (χ1) is 8.82. The molecule has 0 saturated heterocycles. The van der Waals surface area contributed by atoms with Crippen molar-refractivity contribution in [3.05, 3.63) is 35.4 Å². The van der Waals surface area contributed by atoms with Gasteiger partial charge in [0.2, 0.25) is 0 Å². The second-order valence-corrected chi connectivity index (χ2v) is 5.04. The smallest absolute Gasteiger partial charge is 0.303 e. The Bertz CT molecular complexity index is 407. The molecule has 1 rings (SSSR count). The lowest BCUT2D eigenvalue weighted by atomic mass is 9.91. The predicted octanol–water partition coefficient (Wildman–Crippen LogP) is 4.23. The van der Waals surface area contributed by atoms with Gasteiger partial charge < -0.3 is 5.11 Å². The van der Waals surface area contributed by atoms with E-state index in [1.165, 1.54) is 12.1 Å². The van der Waals surface area contributed by atoms with Crippen molar-refractivity contribution in [2.75, 3.05) is 0 Å². The maximum absolute atomic E-state index is 13.1. The third kappa shape index (κ3) is 5.37. The molecule has 1 atom stereocenters. The molecule has 106 valence electrons. The highest BCUT2D eigenvalue weighted by Gasteiger charge is 2.23. The number of carboxylic acids is 1. The fraction of sp³-hybridized carbons (Fsp3) is 0.533. The first-order valence-corrected chi connectivity index (χ1v) is 6.52. The normalized spacial score (nSPS) is 13.3. The molecule has 4 heteroatoms. The molecule has 0 radical (unpaired) electrons. The summed E-state index contributed by atoms with van der Waals surface area (Å²) < 4.78 is 26.1. The summed E-state index contributed by atoms with van der Waals surface area (Å²) in [5.41, 5.74) is 0.897. The number of hydrogen-bond donors (Lipinski definition) is 1. The number of halogens is 2. The lowest BCUT2D eigenvalue weighted by Gasteiger charge is -2.15. The third-order valence-corrected chi connectivity index (χ3v) is 3.15. The number of rotatable bonds is 7. The summed E-state index contributed by atoms with van der Waals surface area (Å²) in [5.74, 6) is -3.58. The van der Waals surface area contributed by atoms with Crippen molar-refractivity contribution < 1.29 is 18.7 Å². The second kappa shape index (κ2) is 6.64. The van der Waals surface area contributed by atoms with Crippen LogP contribution in [-0.2, 0) is 17.1 Å². The maximum atomic E-state index is 13.1. The Morgan fingerprint density at radius 1 is 1.32 bits per heavy atom. The van der Waals surface area contributed by atoms with Crippen LogP contribution in [0.5, 0.6) is 0 Å². The zero-order valence-corrected chi connectivity index (χ0v) is 11.3. The van der Waals surface area contributed by atoms with Crippen LogP contribution < -0.4 is 0 Å². The largest absolute Gasteiger partial charge is 0.481 e. The molecule has 1 aromatic rings. The van der Waals surface area contributed by atoms with Crippen LogP contribution >= 0.6 is 0 Å². The van der Waals surface area contributed by atoms with Gasteiger partial charge in [-0.2, -0.15) is 0 Å². The Kier molecular flexibility index (Phi) is 5.45. The van der Waals surface area contributed by atoms with Gasteiger partial charge in [0.25, 0.3) is 5.92 Å². The van der Waals surface area contributed by atoms with Gasteiger partial charge in [-0.15, -0.1) is 0 Å². The molecule has 0 spiro atoms. The molecule has 0 heterocycles. The van der Waals surface area contributed by atoms with Crippen molar-refractivity contribution in [3.8, 4) is 0 Å². The van der Waals surface area contributed by atoms with E-state index in [-0.39, 0.29) is 17.9 Å². The number of carbonyl (C=O) groups is 1. The summed E-state index contributed by atoms with van der Waals surface area (Å²) in [5, 5.41) is 8.84. The standard InChI is InChI=1S/C15H20F2O2/c1-3-4-12(10-14(18)19)9-11-5-7-13(8-6-11)15(2,16)17/h5-8,12H,3-4,9-10H2,1-2H3,(H,18,19). The van der Waals surface area contributed by atoms with Gasteiger partial charge in [0.15, 0.2) is 0 Å². The fourth-order valence-corrected chi connectivity index (χ4v) is 2.20. The topological polar surface area (TPSA) is 37.3 Å². The highest BCUT2D eigenvalue weighted by atomic mass is 19.3. The van der Waals surface area contributed by atoms with Crippen LogP contribution in [0.3, 0.4) is 0 Å². The Hall–Kier alpha value is -1.45. The quantitative estimate of drug-likeness (QED) is 0.805. The molecule has 0 amide bonds. The average molecular weight is 270 g/mol. The van der Waals surface area contributed by atoms with E-state index in [4.69, 9.17) is 5.11 Å². The van der Waals surface area contributed by atoms with Crippen molar-refractivity contribution in [3.63, 3.8) is 0 Å². The number of hydrogen-bond acceptors (Lipinski definition) is 1. The van der Waals surface area contributed by atoms with Crippen molar-refractivity contribution in [1.82, 2.24) is 0 Å². The lowest BCUT2D eigenvalue weighted by molar-refractivity contribution is -0.138. The van der Waals surface area contributed by atoms with Crippen molar-refractivity contribution in [2.24, 2.45) is 5.92 Å². The van der Waals surface area contributed by atoms with Gasteiger partial charge in [-0.05, 0) is 24.3 Å². The van der Waals surface area contributed by atoms with E-state index < -0.39 is 11.9 Å². The molecular formula is C15H20F2O2. The highest BCUT2D eigenvalue weighted by Crippen LogP contribution is 2.27. The highest BCUT2D eigenvalue weighted by molar-refractivity contribution is 5.67. The molecule has 0 bridgehead atoms. The van der Waals surface area contributed by atoms with Gasteiger partial charge in [0, 0.05) is 18.9 Å². The lowest BCUT2D eigenvalue weighted by Crippen LogP contribution is -2.11. The van der Waals surface area contributed by atoms with Crippen LogP contribution in [-0.4, -0.2) is 11.1 Å². The second-order valence-electron chi connectivity index (χ2n) is 5.04. The van der Waals surface area contributed by atoms with Crippen LogP contribution in [0.25, 0.3) is 0 Å². The van der Waals surface area contributed by atoms with Gasteiger partial charge in [-0.25, -0.2) is 8.78 Å². The van der Waals surface area contributed by atoms with Gasteiger partial charge in [0.05, 0.1) is 0 Å². The molecule has 2 nitrogen and oxygen atoms in total. The summed E-state index contributed by atoms with van der Waals surface area (Å²) in [4.78, 5) is 10.8. The van der Waals surface area contributed by atoms with Gasteiger partial charge in [0.1, 0.15) is 0 Å². The van der Waals surface area contributed by atoms with Crippen LogP contribution in [0.1, 0.15) is 44.2 Å². The molecule has 19 heavy (non-hydrogen) atoms. The van der Waals surface area contributed by atoms with Gasteiger partial charge in [-0.3, -0.25) is 4.79 Å². The fourth-order valence-electron chi connectivity index (χ4n) is 2.20. The third-order valence-electron chi connectivity index (χ3n) is 3.15. The van der Waals surface area contributed by atoms with E-state index in [9.17, 15) is 13.6 Å². The maximum Gasteiger partial charge on any atom is 0.303 e. The SMILES string of the molecule is CCCC(CC(=O)O)Cc1ccc(C(C)(F)F)cc1. The first kappa shape index (κ1) is 15.6. The minimum Gasteiger partial charge on any atom is -0.481 e. The number of alkyl halides is 2. The number of carboxylic acid groups (broad SMARTS) is 1. The van der Waals surface area contributed by atoms with Gasteiger partial charge in [-0.1, -0.05) is 37.6 Å². The summed E-state index contributed by atoms with van der Waals surface area (Å²) in [6.45, 7) is 2.88. The molecule has 0 aromatic heterocycles. The molecule has 0 fully saturated rings.